The van der Waals surface area contributed by atoms with Gasteiger partial charge in [0.05, 0.1) is 5.69 Å². The molecule has 0 bridgehead atoms. The Bertz CT molecular complexity index is 778. The number of halogens is 1. The van der Waals surface area contributed by atoms with Gasteiger partial charge >= 0.3 is 6.03 Å². The summed E-state index contributed by atoms with van der Waals surface area (Å²) < 4.78 is 3.11. The van der Waals surface area contributed by atoms with E-state index in [1.807, 2.05) is 18.3 Å². The Morgan fingerprint density at radius 2 is 1.74 bits per heavy atom. The first-order valence-corrected chi connectivity index (χ1v) is 10.9. The highest BCUT2D eigenvalue weighted by atomic mass is 79.9. The van der Waals surface area contributed by atoms with Gasteiger partial charge in [0.2, 0.25) is 0 Å². The number of nitrogens with zero attached hydrogens (tertiary/aromatic N) is 3. The molecule has 2 aromatic rings. The normalized spacial score (nSPS) is 20.0. The number of carbonyl (C=O) groups excluding carboxylic acids is 1. The van der Waals surface area contributed by atoms with Crippen LogP contribution in [0.15, 0.2) is 29.0 Å². The number of hydrogen-bond donors (Lipinski definition) is 2. The van der Waals surface area contributed by atoms with E-state index in [1.165, 1.54) is 19.3 Å². The number of urea groups is 1. The fraction of sp³-hybridized carbons (Fsp3) is 0.600. The molecule has 0 aromatic carbocycles. The molecule has 146 valence electrons. The van der Waals surface area contributed by atoms with Gasteiger partial charge in [0.1, 0.15) is 5.65 Å². The standard InChI is InChI=1S/C20H28BrN5O/c21-15-6-7-19-22-18(14-26(19)12-15)13-25-10-8-17(9-11-25)24-20(27)23-16-4-2-1-3-5-16/h6-7,12,14,16-17H,1-5,8-11,13H2,(H2,23,24,27). The molecular weight excluding hydrogens is 406 g/mol. The van der Waals surface area contributed by atoms with Gasteiger partial charge in [-0.05, 0) is 53.7 Å². The zero-order valence-electron chi connectivity index (χ0n) is 15.7. The summed E-state index contributed by atoms with van der Waals surface area (Å²) in [4.78, 5) is 19.4. The SMILES string of the molecule is O=C(NC1CCCCC1)NC1CCN(Cc2cn3cc(Br)ccc3n2)CC1. The third-order valence-electron chi connectivity index (χ3n) is 5.71. The van der Waals surface area contributed by atoms with Crippen LogP contribution in [0, 0.1) is 0 Å². The Hall–Kier alpha value is -1.60. The van der Waals surface area contributed by atoms with Gasteiger partial charge in [0, 0.05) is 48.6 Å². The molecule has 2 fully saturated rings. The molecule has 2 aromatic heterocycles. The highest BCUT2D eigenvalue weighted by Crippen LogP contribution is 2.18. The molecule has 4 rings (SSSR count). The van der Waals surface area contributed by atoms with Crippen LogP contribution in [0.3, 0.4) is 0 Å². The van der Waals surface area contributed by atoms with Gasteiger partial charge in [-0.15, -0.1) is 0 Å². The summed E-state index contributed by atoms with van der Waals surface area (Å²) in [6.07, 6.45) is 12.2. The van der Waals surface area contributed by atoms with Crippen molar-refractivity contribution in [2.45, 2.75) is 63.6 Å². The number of amides is 2. The highest BCUT2D eigenvalue weighted by molar-refractivity contribution is 9.10. The molecule has 2 amide bonds. The van der Waals surface area contributed by atoms with Gasteiger partial charge in [-0.25, -0.2) is 9.78 Å². The summed E-state index contributed by atoms with van der Waals surface area (Å²) in [5, 5.41) is 6.33. The van der Waals surface area contributed by atoms with Crippen molar-refractivity contribution in [1.82, 2.24) is 24.9 Å². The number of nitrogens with one attached hydrogen (secondary N) is 2. The van der Waals surface area contributed by atoms with Crippen LogP contribution < -0.4 is 10.6 Å². The minimum absolute atomic E-state index is 0.0197. The zero-order chi connectivity index (χ0) is 18.6. The average molecular weight is 434 g/mol. The topological polar surface area (TPSA) is 61.7 Å². The quantitative estimate of drug-likeness (QED) is 0.772. The van der Waals surface area contributed by atoms with Crippen LogP contribution in [0.5, 0.6) is 0 Å². The van der Waals surface area contributed by atoms with Crippen molar-refractivity contribution < 1.29 is 4.79 Å². The first-order chi connectivity index (χ1) is 13.2. The van der Waals surface area contributed by atoms with E-state index < -0.39 is 0 Å². The molecule has 7 heteroatoms. The Morgan fingerprint density at radius 1 is 1.04 bits per heavy atom. The Kier molecular flexibility index (Phi) is 5.98. The maximum absolute atomic E-state index is 12.2. The van der Waals surface area contributed by atoms with E-state index in [4.69, 9.17) is 4.98 Å². The summed E-state index contributed by atoms with van der Waals surface area (Å²) in [5.41, 5.74) is 2.07. The van der Waals surface area contributed by atoms with Crippen molar-refractivity contribution in [1.29, 1.82) is 0 Å². The number of likely N-dealkylation sites (tertiary alicyclic amines) is 1. The lowest BCUT2D eigenvalue weighted by Crippen LogP contribution is -2.50. The summed E-state index contributed by atoms with van der Waals surface area (Å²) in [6.45, 7) is 2.85. The molecule has 27 heavy (non-hydrogen) atoms. The Labute approximate surface area is 168 Å². The minimum Gasteiger partial charge on any atom is -0.335 e. The Balaban J connectivity index is 1.22. The van der Waals surface area contributed by atoms with Crippen LogP contribution >= 0.6 is 15.9 Å². The van der Waals surface area contributed by atoms with E-state index in [9.17, 15) is 4.79 Å². The van der Waals surface area contributed by atoms with Crippen LogP contribution in [-0.4, -0.2) is 45.5 Å². The minimum atomic E-state index is 0.0197. The van der Waals surface area contributed by atoms with E-state index in [0.717, 1.165) is 61.1 Å². The monoisotopic (exact) mass is 433 g/mol. The van der Waals surface area contributed by atoms with E-state index in [-0.39, 0.29) is 12.1 Å². The third-order valence-corrected chi connectivity index (χ3v) is 6.18. The fourth-order valence-electron chi connectivity index (χ4n) is 4.22. The second kappa shape index (κ2) is 8.61. The molecule has 1 saturated carbocycles. The molecule has 2 aliphatic rings. The van der Waals surface area contributed by atoms with Gasteiger partial charge in [-0.3, -0.25) is 4.90 Å². The molecule has 3 heterocycles. The summed E-state index contributed by atoms with van der Waals surface area (Å²) in [5.74, 6) is 0. The number of fused-ring (bicyclic) bond motifs is 1. The fourth-order valence-corrected chi connectivity index (χ4v) is 4.57. The third kappa shape index (κ3) is 5.02. The van der Waals surface area contributed by atoms with Crippen LogP contribution in [0.1, 0.15) is 50.6 Å². The molecule has 0 atom stereocenters. The lowest BCUT2D eigenvalue weighted by Gasteiger charge is -2.32. The highest BCUT2D eigenvalue weighted by Gasteiger charge is 2.23. The molecule has 1 saturated heterocycles. The number of hydrogen-bond acceptors (Lipinski definition) is 3. The van der Waals surface area contributed by atoms with Crippen LogP contribution in [0.25, 0.3) is 5.65 Å². The second-order valence-corrected chi connectivity index (χ2v) is 8.76. The number of aromatic nitrogens is 2. The van der Waals surface area contributed by atoms with Gasteiger partial charge in [0.25, 0.3) is 0 Å². The largest absolute Gasteiger partial charge is 0.335 e. The molecule has 6 nitrogen and oxygen atoms in total. The lowest BCUT2D eigenvalue weighted by molar-refractivity contribution is 0.183. The van der Waals surface area contributed by atoms with E-state index in [2.05, 4.69) is 42.1 Å². The summed E-state index contributed by atoms with van der Waals surface area (Å²) in [6, 6.07) is 4.71. The molecule has 1 aliphatic carbocycles. The molecule has 0 radical (unpaired) electrons. The van der Waals surface area contributed by atoms with Gasteiger partial charge in [-0.2, -0.15) is 0 Å². The zero-order valence-corrected chi connectivity index (χ0v) is 17.2. The Morgan fingerprint density at radius 3 is 2.48 bits per heavy atom. The predicted molar refractivity (Wildman–Crippen MR) is 110 cm³/mol. The van der Waals surface area contributed by atoms with Crippen molar-refractivity contribution in [3.05, 3.63) is 34.7 Å². The van der Waals surface area contributed by atoms with Crippen molar-refractivity contribution >= 4 is 27.6 Å². The average Bonchev–Trinajstić information content (AvgIpc) is 3.05. The summed E-state index contributed by atoms with van der Waals surface area (Å²) in [7, 11) is 0. The van der Waals surface area contributed by atoms with Crippen molar-refractivity contribution in [3.8, 4) is 0 Å². The van der Waals surface area contributed by atoms with Crippen LogP contribution in [0.4, 0.5) is 4.79 Å². The van der Waals surface area contributed by atoms with Gasteiger partial charge in [0.15, 0.2) is 0 Å². The lowest BCUT2D eigenvalue weighted by atomic mass is 9.96. The molecule has 1 aliphatic heterocycles. The molecular formula is C20H28BrN5O. The number of piperidine rings is 1. The van der Waals surface area contributed by atoms with Crippen molar-refractivity contribution in [3.63, 3.8) is 0 Å². The van der Waals surface area contributed by atoms with Crippen molar-refractivity contribution in [2.75, 3.05) is 13.1 Å². The number of imidazole rings is 1. The number of pyridine rings is 1. The molecule has 0 spiro atoms. The first kappa shape index (κ1) is 18.7. The van der Waals surface area contributed by atoms with E-state index in [0.29, 0.717) is 6.04 Å². The smallest absolute Gasteiger partial charge is 0.315 e. The molecule has 0 unspecified atom stereocenters. The van der Waals surface area contributed by atoms with Crippen molar-refractivity contribution in [2.24, 2.45) is 0 Å². The van der Waals surface area contributed by atoms with E-state index in [1.54, 1.807) is 0 Å². The van der Waals surface area contributed by atoms with Crippen LogP contribution in [0.2, 0.25) is 0 Å². The maximum atomic E-state index is 12.2. The van der Waals surface area contributed by atoms with Gasteiger partial charge in [-0.1, -0.05) is 19.3 Å². The number of rotatable bonds is 4. The van der Waals surface area contributed by atoms with E-state index >= 15 is 0 Å². The predicted octanol–water partition coefficient (Wildman–Crippen LogP) is 3.69. The first-order valence-electron chi connectivity index (χ1n) is 10.1. The molecule has 2 N–H and O–H groups in total. The summed E-state index contributed by atoms with van der Waals surface area (Å²) >= 11 is 3.50. The second-order valence-electron chi connectivity index (χ2n) is 7.85. The van der Waals surface area contributed by atoms with Gasteiger partial charge < -0.3 is 15.0 Å². The number of carbonyl (C=O) groups is 1. The van der Waals surface area contributed by atoms with Crippen LogP contribution in [-0.2, 0) is 6.54 Å². The maximum Gasteiger partial charge on any atom is 0.315 e.